The summed E-state index contributed by atoms with van der Waals surface area (Å²) in [6.45, 7) is 12.1. The molecule has 2 unspecified atom stereocenters. The van der Waals surface area contributed by atoms with Crippen molar-refractivity contribution in [2.24, 2.45) is 0 Å². The van der Waals surface area contributed by atoms with Gasteiger partial charge in [0.1, 0.15) is 6.07 Å². The van der Waals surface area contributed by atoms with Crippen LogP contribution in [0.1, 0.15) is 120 Å². The maximum Gasteiger partial charge on any atom is 0.102 e. The van der Waals surface area contributed by atoms with Gasteiger partial charge >= 0.3 is 0 Å². The van der Waals surface area contributed by atoms with Crippen LogP contribution in [0.4, 0.5) is 34.1 Å². The van der Waals surface area contributed by atoms with E-state index in [2.05, 4.69) is 342 Å². The molecule has 0 radical (unpaired) electrons. The van der Waals surface area contributed by atoms with Gasteiger partial charge in [-0.3, -0.25) is 0 Å². The van der Waals surface area contributed by atoms with Crippen LogP contribution in [-0.2, 0) is 21.7 Å². The van der Waals surface area contributed by atoms with E-state index in [0.717, 1.165) is 82.1 Å². The molecule has 95 heavy (non-hydrogen) atoms. The fourth-order valence-electron chi connectivity index (χ4n) is 18.4. The van der Waals surface area contributed by atoms with Gasteiger partial charge in [0.2, 0.25) is 0 Å². The van der Waals surface area contributed by atoms with Gasteiger partial charge in [0, 0.05) is 22.5 Å². The average molecular weight is 1220 g/mol. The van der Waals surface area contributed by atoms with Gasteiger partial charge < -0.3 is 9.80 Å². The molecule has 2 atom stereocenters. The Morgan fingerprint density at radius 2 is 0.621 bits per heavy atom. The van der Waals surface area contributed by atoms with Crippen molar-refractivity contribution >= 4 is 34.1 Å². The van der Waals surface area contributed by atoms with Crippen molar-refractivity contribution in [3.05, 3.63) is 358 Å². The molecular formula is C92H71N3. The van der Waals surface area contributed by atoms with Crippen molar-refractivity contribution in [3.63, 3.8) is 0 Å². The number of benzene rings is 13. The summed E-state index contributed by atoms with van der Waals surface area (Å²) in [7, 11) is 0. The normalized spacial score (nSPS) is 17.1. The molecule has 454 valence electrons. The number of nitriles is 1. The maximum atomic E-state index is 12.9. The van der Waals surface area contributed by atoms with E-state index in [1.807, 2.05) is 0 Å². The molecule has 5 aliphatic carbocycles. The third-order valence-electron chi connectivity index (χ3n) is 23.2. The van der Waals surface area contributed by atoms with E-state index in [0.29, 0.717) is 5.56 Å². The largest absolute Gasteiger partial charge is 0.309 e. The molecular weight excluding hydrogens is 1150 g/mol. The van der Waals surface area contributed by atoms with Gasteiger partial charge in [-0.25, -0.2) is 0 Å². The number of nitrogens with zero attached hydrogens (tertiary/aromatic N) is 3. The molecule has 0 fully saturated rings. The third-order valence-corrected chi connectivity index (χ3v) is 23.2. The number of hydrogen-bond acceptors (Lipinski definition) is 3. The molecule has 0 saturated heterocycles. The van der Waals surface area contributed by atoms with Gasteiger partial charge in [-0.1, -0.05) is 282 Å². The molecule has 3 nitrogen and oxygen atoms in total. The summed E-state index contributed by atoms with van der Waals surface area (Å²) in [6.07, 6.45) is 3.70. The van der Waals surface area contributed by atoms with E-state index < -0.39 is 10.8 Å². The predicted molar refractivity (Wildman–Crippen MR) is 393 cm³/mol. The van der Waals surface area contributed by atoms with Crippen LogP contribution in [0.25, 0.3) is 66.8 Å². The van der Waals surface area contributed by atoms with E-state index in [-0.39, 0.29) is 10.8 Å². The zero-order chi connectivity index (χ0) is 64.0. The lowest BCUT2D eigenvalue weighted by Crippen LogP contribution is -2.40. The topological polar surface area (TPSA) is 30.3 Å². The fourth-order valence-corrected chi connectivity index (χ4v) is 18.4. The van der Waals surface area contributed by atoms with Gasteiger partial charge in [-0.15, -0.1) is 0 Å². The first-order chi connectivity index (χ1) is 46.7. The van der Waals surface area contributed by atoms with Crippen LogP contribution < -0.4 is 9.80 Å². The fraction of sp³-hybridized carbons (Fsp3) is 0.141. The standard InChI is InChI=1S/C92H71N3/c1-6-89(4)56-57-90(5,7-2)86-85(89)87(94(64-52-48-62(49-53-64)60-28-10-8-11-29-60)81-46-26-44-79-83(81)70-36-18-24-42-77(70)91(79)73-38-20-14-32-66(73)67-33-15-21-39-74(67)91)59(3)72(58-93)88(86)95(65-54-50-63(51-55-65)61-30-12-9-13-31-61)82-47-27-45-80-84(82)71-37-19-25-43-78(71)92(80)75-40-22-16-34-68(75)69-35-17-23-41-76(69)92/h8-55H,6-7,56-57H2,1-5H3. The highest BCUT2D eigenvalue weighted by molar-refractivity contribution is 6.06. The molecule has 0 aromatic heterocycles. The minimum Gasteiger partial charge on any atom is -0.309 e. The van der Waals surface area contributed by atoms with Crippen LogP contribution in [0, 0.1) is 18.3 Å². The Labute approximate surface area is 558 Å². The minimum absolute atomic E-state index is 0.342. The van der Waals surface area contributed by atoms with Crippen LogP contribution in [0.2, 0.25) is 0 Å². The second-order valence-corrected chi connectivity index (χ2v) is 27.6. The van der Waals surface area contributed by atoms with E-state index in [9.17, 15) is 5.26 Å². The Bertz CT molecular complexity index is 5250. The quantitative estimate of drug-likeness (QED) is 0.137. The van der Waals surface area contributed by atoms with Gasteiger partial charge in [0.05, 0.1) is 39.1 Å². The van der Waals surface area contributed by atoms with Crippen LogP contribution in [0.5, 0.6) is 0 Å². The van der Waals surface area contributed by atoms with Gasteiger partial charge in [0.25, 0.3) is 0 Å². The van der Waals surface area contributed by atoms with Crippen molar-refractivity contribution in [2.75, 3.05) is 9.80 Å². The molecule has 3 heteroatoms. The summed E-state index contributed by atoms with van der Waals surface area (Å²) < 4.78 is 0. The number of hydrogen-bond donors (Lipinski definition) is 0. The molecule has 0 bridgehead atoms. The van der Waals surface area contributed by atoms with E-state index in [1.165, 1.54) is 106 Å². The SMILES string of the molecule is CCC1(C)CCC(C)(CC)c2c(N(c3ccc(-c4ccccc4)cc3)c3cccc4c3-c3ccccc3C43c4ccccc4-c4ccccc43)c(C#N)c(C)c(N(c3ccc(-c4ccccc4)cc3)c3cccc4c3-c3ccccc3C43c4ccccc4-c4ccccc43)c21. The lowest BCUT2D eigenvalue weighted by molar-refractivity contribution is 0.284. The highest BCUT2D eigenvalue weighted by Gasteiger charge is 2.56. The monoisotopic (exact) mass is 1220 g/mol. The van der Waals surface area contributed by atoms with Gasteiger partial charge in [0.15, 0.2) is 0 Å². The Morgan fingerprint density at radius 1 is 0.326 bits per heavy atom. The Kier molecular flexibility index (Phi) is 12.7. The van der Waals surface area contributed by atoms with Crippen molar-refractivity contribution in [1.82, 2.24) is 0 Å². The summed E-state index contributed by atoms with van der Waals surface area (Å²) in [6, 6.07) is 112. The molecule has 18 rings (SSSR count). The molecule has 13 aromatic rings. The molecule has 13 aromatic carbocycles. The van der Waals surface area contributed by atoms with Crippen LogP contribution >= 0.6 is 0 Å². The number of rotatable bonds is 10. The summed E-state index contributed by atoms with van der Waals surface area (Å²) >= 11 is 0. The summed E-state index contributed by atoms with van der Waals surface area (Å²) in [5, 5.41) is 12.9. The first kappa shape index (κ1) is 56.7. The Morgan fingerprint density at radius 3 is 0.979 bits per heavy atom. The third kappa shape index (κ3) is 7.69. The highest BCUT2D eigenvalue weighted by Crippen LogP contribution is 2.69. The zero-order valence-corrected chi connectivity index (χ0v) is 54.4. The first-order valence-electron chi connectivity index (χ1n) is 34.1. The van der Waals surface area contributed by atoms with Gasteiger partial charge in [-0.05, 0) is 197 Å². The molecule has 5 aliphatic rings. The van der Waals surface area contributed by atoms with E-state index in [1.54, 1.807) is 0 Å². The lowest BCUT2D eigenvalue weighted by Gasteiger charge is -2.50. The second kappa shape index (κ2) is 21.2. The maximum absolute atomic E-state index is 12.9. The van der Waals surface area contributed by atoms with Crippen molar-refractivity contribution in [1.29, 1.82) is 5.26 Å². The predicted octanol–water partition coefficient (Wildman–Crippen LogP) is 24.0. The lowest BCUT2D eigenvalue weighted by atomic mass is 9.58. The van der Waals surface area contributed by atoms with Crippen LogP contribution in [0.15, 0.2) is 291 Å². The molecule has 0 amide bonds. The van der Waals surface area contributed by atoms with Crippen LogP contribution in [-0.4, -0.2) is 0 Å². The smallest absolute Gasteiger partial charge is 0.102 e. The van der Waals surface area contributed by atoms with Crippen molar-refractivity contribution in [3.8, 4) is 72.8 Å². The van der Waals surface area contributed by atoms with E-state index >= 15 is 0 Å². The second-order valence-electron chi connectivity index (χ2n) is 27.6. The zero-order valence-electron chi connectivity index (χ0n) is 54.4. The molecule has 0 saturated carbocycles. The van der Waals surface area contributed by atoms with Crippen molar-refractivity contribution in [2.45, 2.75) is 82.0 Å². The average Bonchev–Trinajstić information content (AvgIpc) is 1.58. The van der Waals surface area contributed by atoms with Crippen molar-refractivity contribution < 1.29 is 0 Å². The molecule has 0 aliphatic heterocycles. The van der Waals surface area contributed by atoms with Gasteiger partial charge in [-0.2, -0.15) is 5.26 Å². The summed E-state index contributed by atoms with van der Waals surface area (Å²) in [5.74, 6) is 0. The molecule has 0 heterocycles. The highest BCUT2D eigenvalue weighted by atomic mass is 15.2. The molecule has 0 N–H and O–H groups in total. The minimum atomic E-state index is -0.583. The van der Waals surface area contributed by atoms with Crippen LogP contribution in [0.3, 0.4) is 0 Å². The van der Waals surface area contributed by atoms with E-state index in [4.69, 9.17) is 0 Å². The first-order valence-corrected chi connectivity index (χ1v) is 34.1. The summed E-state index contributed by atoms with van der Waals surface area (Å²) in [5.41, 5.74) is 33.5. The Balaban J connectivity index is 0.970. The molecule has 2 spiro atoms. The number of anilines is 6. The Hall–Kier alpha value is -11.1. The number of fused-ring (bicyclic) bond motifs is 21. The summed E-state index contributed by atoms with van der Waals surface area (Å²) in [4.78, 5) is 5.19.